The number of hydrogen-bond donors (Lipinski definition) is 2. The van der Waals surface area contributed by atoms with Crippen molar-refractivity contribution in [3.63, 3.8) is 0 Å². The summed E-state index contributed by atoms with van der Waals surface area (Å²) in [6.45, 7) is 5.72. The molecule has 138 valence electrons. The Balaban J connectivity index is 1.92. The normalized spacial score (nSPS) is 20.6. The van der Waals surface area contributed by atoms with Gasteiger partial charge in [-0.3, -0.25) is 4.79 Å². The van der Waals surface area contributed by atoms with Crippen LogP contribution in [0.15, 0.2) is 24.3 Å². The van der Waals surface area contributed by atoms with Gasteiger partial charge in [-0.25, -0.2) is 4.79 Å². The Morgan fingerprint density at radius 1 is 1.12 bits per heavy atom. The predicted molar refractivity (Wildman–Crippen MR) is 97.0 cm³/mol. The van der Waals surface area contributed by atoms with Crippen LogP contribution in [-0.4, -0.2) is 40.7 Å². The summed E-state index contributed by atoms with van der Waals surface area (Å²) in [7, 11) is 1.60. The molecule has 6 heteroatoms. The average Bonchev–Trinajstić information content (AvgIpc) is 2.54. The molecule has 0 saturated heterocycles. The monoisotopic (exact) mass is 348 g/mol. The minimum absolute atomic E-state index is 0.00116. The van der Waals surface area contributed by atoms with Gasteiger partial charge in [-0.2, -0.15) is 0 Å². The minimum Gasteiger partial charge on any atom is -0.497 e. The van der Waals surface area contributed by atoms with Gasteiger partial charge < -0.3 is 20.1 Å². The molecule has 2 N–H and O–H groups in total. The Kier molecular flexibility index (Phi) is 5.93. The maximum atomic E-state index is 12.5. The van der Waals surface area contributed by atoms with Crippen molar-refractivity contribution >= 4 is 17.7 Å². The molecule has 6 nitrogen and oxygen atoms in total. The highest BCUT2D eigenvalue weighted by atomic mass is 16.5. The molecule has 1 aliphatic carbocycles. The lowest BCUT2D eigenvalue weighted by Gasteiger charge is -2.42. The van der Waals surface area contributed by atoms with Crippen LogP contribution in [0.5, 0.6) is 5.75 Å². The molecule has 0 atom stereocenters. The molecule has 0 heterocycles. The maximum Gasteiger partial charge on any atom is 0.407 e. The minimum atomic E-state index is -0.890. The fraction of sp³-hybridized carbons (Fsp3) is 0.579. The number of rotatable bonds is 4. The molecule has 1 saturated carbocycles. The van der Waals surface area contributed by atoms with E-state index in [0.717, 1.165) is 11.4 Å². The summed E-state index contributed by atoms with van der Waals surface area (Å²) in [5, 5.41) is 12.4. The first-order valence-electron chi connectivity index (χ1n) is 8.69. The van der Waals surface area contributed by atoms with E-state index in [0.29, 0.717) is 25.7 Å². The number of anilines is 1. The zero-order chi connectivity index (χ0) is 18.6. The smallest absolute Gasteiger partial charge is 0.407 e. The van der Waals surface area contributed by atoms with E-state index in [4.69, 9.17) is 4.74 Å². The fourth-order valence-electron chi connectivity index (χ4n) is 3.51. The van der Waals surface area contributed by atoms with E-state index in [1.807, 2.05) is 32.9 Å². The summed E-state index contributed by atoms with van der Waals surface area (Å²) in [5.74, 6) is 0.671. The summed E-state index contributed by atoms with van der Waals surface area (Å²) in [6, 6.07) is 7.21. The number of hydrogen-bond acceptors (Lipinski definition) is 3. The van der Waals surface area contributed by atoms with E-state index < -0.39 is 11.6 Å². The lowest BCUT2D eigenvalue weighted by molar-refractivity contribution is -0.121. The number of carbonyl (C=O) groups is 2. The van der Waals surface area contributed by atoms with Gasteiger partial charge in [0, 0.05) is 23.2 Å². The molecule has 1 aromatic rings. The molecule has 0 radical (unpaired) electrons. The topological polar surface area (TPSA) is 78.9 Å². The van der Waals surface area contributed by atoms with Crippen molar-refractivity contribution in [3.8, 4) is 5.75 Å². The van der Waals surface area contributed by atoms with Crippen molar-refractivity contribution in [2.75, 3.05) is 12.4 Å². The van der Waals surface area contributed by atoms with Gasteiger partial charge in [0.1, 0.15) is 5.75 Å². The van der Waals surface area contributed by atoms with E-state index in [9.17, 15) is 14.7 Å². The van der Waals surface area contributed by atoms with E-state index in [2.05, 4.69) is 5.32 Å². The van der Waals surface area contributed by atoms with Crippen molar-refractivity contribution in [2.45, 2.75) is 58.0 Å². The largest absolute Gasteiger partial charge is 0.497 e. The first-order valence-corrected chi connectivity index (χ1v) is 8.69. The highest BCUT2D eigenvalue weighted by Crippen LogP contribution is 2.32. The summed E-state index contributed by atoms with van der Waals surface area (Å²) in [4.78, 5) is 25.6. The molecule has 2 amide bonds. The van der Waals surface area contributed by atoms with Crippen LogP contribution in [0.2, 0.25) is 0 Å². The van der Waals surface area contributed by atoms with Gasteiger partial charge >= 0.3 is 6.09 Å². The van der Waals surface area contributed by atoms with Gasteiger partial charge in [-0.05, 0) is 70.7 Å². The number of carboxylic acid groups (broad SMARTS) is 1. The van der Waals surface area contributed by atoms with Crippen LogP contribution in [-0.2, 0) is 4.79 Å². The number of ether oxygens (including phenoxy) is 1. The van der Waals surface area contributed by atoms with Crippen LogP contribution in [0.4, 0.5) is 10.5 Å². The first kappa shape index (κ1) is 19.1. The first-order chi connectivity index (χ1) is 11.7. The summed E-state index contributed by atoms with van der Waals surface area (Å²) in [6.07, 6.45) is 1.94. The van der Waals surface area contributed by atoms with Gasteiger partial charge in [0.15, 0.2) is 0 Å². The quantitative estimate of drug-likeness (QED) is 0.863. The lowest BCUT2D eigenvalue weighted by atomic mass is 9.83. The number of carbonyl (C=O) groups excluding carboxylic acids is 1. The maximum absolute atomic E-state index is 12.5. The van der Waals surface area contributed by atoms with Crippen molar-refractivity contribution < 1.29 is 19.4 Å². The Bertz CT molecular complexity index is 599. The molecule has 0 spiro atoms. The van der Waals surface area contributed by atoms with Crippen molar-refractivity contribution in [1.82, 2.24) is 4.90 Å². The average molecular weight is 348 g/mol. The molecule has 0 aliphatic heterocycles. The van der Waals surface area contributed by atoms with E-state index in [1.54, 1.807) is 19.2 Å². The van der Waals surface area contributed by atoms with Crippen LogP contribution < -0.4 is 10.1 Å². The molecule has 1 aliphatic rings. The van der Waals surface area contributed by atoms with Crippen LogP contribution in [0, 0.1) is 5.92 Å². The number of benzene rings is 1. The molecule has 2 rings (SSSR count). The Hall–Kier alpha value is -2.24. The van der Waals surface area contributed by atoms with Gasteiger partial charge in [0.2, 0.25) is 5.91 Å². The van der Waals surface area contributed by atoms with Gasteiger partial charge in [0.05, 0.1) is 7.11 Å². The third-order valence-electron chi connectivity index (χ3n) is 4.72. The lowest BCUT2D eigenvalue weighted by Crippen LogP contribution is -2.52. The Morgan fingerprint density at radius 3 is 2.12 bits per heavy atom. The van der Waals surface area contributed by atoms with Crippen molar-refractivity contribution in [1.29, 1.82) is 0 Å². The Morgan fingerprint density at radius 2 is 1.68 bits per heavy atom. The van der Waals surface area contributed by atoms with Crippen molar-refractivity contribution in [3.05, 3.63) is 24.3 Å². The van der Waals surface area contributed by atoms with Crippen LogP contribution >= 0.6 is 0 Å². The Labute approximate surface area is 149 Å². The van der Waals surface area contributed by atoms with E-state index in [-0.39, 0.29) is 17.9 Å². The standard InChI is InChI=1S/C19H28N2O4/c1-19(2,3)21(18(23)24)15-9-5-13(6-10-15)17(22)20-14-7-11-16(25-4)12-8-14/h7-8,11-13,15H,5-6,9-10H2,1-4H3,(H,20,22)(H,23,24)/t13-,15-. The second-order valence-electron chi connectivity index (χ2n) is 7.55. The number of methoxy groups -OCH3 is 1. The number of nitrogens with zero attached hydrogens (tertiary/aromatic N) is 1. The third kappa shape index (κ3) is 4.87. The van der Waals surface area contributed by atoms with Gasteiger partial charge in [0.25, 0.3) is 0 Å². The zero-order valence-corrected chi connectivity index (χ0v) is 15.4. The molecular formula is C19H28N2O4. The summed E-state index contributed by atoms with van der Waals surface area (Å²) in [5.41, 5.74) is 0.309. The van der Waals surface area contributed by atoms with Gasteiger partial charge in [-0.15, -0.1) is 0 Å². The second-order valence-corrected chi connectivity index (χ2v) is 7.55. The van der Waals surface area contributed by atoms with Crippen LogP contribution in [0.1, 0.15) is 46.5 Å². The highest BCUT2D eigenvalue weighted by Gasteiger charge is 2.36. The third-order valence-corrected chi connectivity index (χ3v) is 4.72. The van der Waals surface area contributed by atoms with Crippen LogP contribution in [0.25, 0.3) is 0 Å². The van der Waals surface area contributed by atoms with E-state index in [1.165, 1.54) is 4.90 Å². The van der Waals surface area contributed by atoms with E-state index >= 15 is 0 Å². The molecule has 0 bridgehead atoms. The molecule has 1 aromatic carbocycles. The molecule has 0 aromatic heterocycles. The van der Waals surface area contributed by atoms with Crippen LogP contribution in [0.3, 0.4) is 0 Å². The zero-order valence-electron chi connectivity index (χ0n) is 15.4. The second kappa shape index (κ2) is 7.76. The van der Waals surface area contributed by atoms with Gasteiger partial charge in [-0.1, -0.05) is 0 Å². The molecule has 1 fully saturated rings. The number of nitrogens with one attached hydrogen (secondary N) is 1. The highest BCUT2D eigenvalue weighted by molar-refractivity contribution is 5.92. The summed E-state index contributed by atoms with van der Waals surface area (Å²) >= 11 is 0. The summed E-state index contributed by atoms with van der Waals surface area (Å²) < 4.78 is 5.11. The van der Waals surface area contributed by atoms with Crippen molar-refractivity contribution in [2.24, 2.45) is 5.92 Å². The molecule has 25 heavy (non-hydrogen) atoms. The molecule has 0 unspecified atom stereocenters. The fourth-order valence-corrected chi connectivity index (χ4v) is 3.51. The predicted octanol–water partition coefficient (Wildman–Crippen LogP) is 3.97. The molecular weight excluding hydrogens is 320 g/mol. The number of amides is 2. The SMILES string of the molecule is COc1ccc(NC(=O)[C@H]2CC[C@H](N(C(=O)O)C(C)(C)C)CC2)cc1.